The molecule has 0 saturated heterocycles. The fraction of sp³-hybridized carbons (Fsp3) is 0.176. The molecular formula is C17H16ClN3O5. The molecule has 0 saturated carbocycles. The minimum Gasteiger partial charge on any atom is -0.482 e. The van der Waals surface area contributed by atoms with Crippen LogP contribution in [0.15, 0.2) is 36.4 Å². The minimum absolute atomic E-state index is 0.00756. The van der Waals surface area contributed by atoms with E-state index in [1.54, 1.807) is 12.1 Å². The molecule has 2 aromatic carbocycles. The first-order chi connectivity index (χ1) is 12.3. The van der Waals surface area contributed by atoms with Gasteiger partial charge in [0.2, 0.25) is 0 Å². The highest BCUT2D eigenvalue weighted by Gasteiger charge is 2.13. The smallest absolute Gasteiger partial charge is 0.325 e. The number of halogens is 1. The molecule has 0 aliphatic heterocycles. The molecule has 0 atom stereocenters. The van der Waals surface area contributed by atoms with Crippen LogP contribution in [0.1, 0.15) is 11.1 Å². The van der Waals surface area contributed by atoms with E-state index in [0.29, 0.717) is 5.69 Å². The van der Waals surface area contributed by atoms with Gasteiger partial charge in [-0.05, 0) is 37.1 Å². The zero-order chi connectivity index (χ0) is 19.3. The quantitative estimate of drug-likeness (QED) is 0.611. The van der Waals surface area contributed by atoms with Crippen LogP contribution in [0.3, 0.4) is 0 Å². The monoisotopic (exact) mass is 377 g/mol. The van der Waals surface area contributed by atoms with Gasteiger partial charge in [-0.1, -0.05) is 23.7 Å². The molecule has 3 amide bonds. The number of nitrogens with one attached hydrogen (secondary N) is 2. The van der Waals surface area contributed by atoms with Gasteiger partial charge in [0.05, 0.1) is 9.95 Å². The molecule has 0 aromatic heterocycles. The van der Waals surface area contributed by atoms with Crippen molar-refractivity contribution in [1.82, 2.24) is 5.32 Å². The Morgan fingerprint density at radius 2 is 1.96 bits per heavy atom. The number of benzene rings is 2. The van der Waals surface area contributed by atoms with Crippen molar-refractivity contribution < 1.29 is 19.2 Å². The van der Waals surface area contributed by atoms with E-state index >= 15 is 0 Å². The molecule has 2 aromatic rings. The average molecular weight is 378 g/mol. The first kappa shape index (κ1) is 19.2. The van der Waals surface area contributed by atoms with Gasteiger partial charge >= 0.3 is 6.03 Å². The molecule has 0 radical (unpaired) electrons. The highest BCUT2D eigenvalue weighted by atomic mass is 35.5. The van der Waals surface area contributed by atoms with Crippen LogP contribution in [-0.2, 0) is 4.79 Å². The number of carbonyl (C=O) groups excluding carboxylic acids is 2. The third-order valence-corrected chi connectivity index (χ3v) is 3.89. The molecule has 8 nitrogen and oxygen atoms in total. The van der Waals surface area contributed by atoms with Gasteiger partial charge in [0.25, 0.3) is 11.6 Å². The van der Waals surface area contributed by atoms with Gasteiger partial charge in [-0.15, -0.1) is 0 Å². The van der Waals surface area contributed by atoms with Gasteiger partial charge in [-0.3, -0.25) is 20.2 Å². The predicted molar refractivity (Wildman–Crippen MR) is 96.7 cm³/mol. The number of imide groups is 1. The van der Waals surface area contributed by atoms with Crippen molar-refractivity contribution in [2.75, 3.05) is 11.9 Å². The predicted octanol–water partition coefficient (Wildman–Crippen LogP) is 3.59. The second-order valence-electron chi connectivity index (χ2n) is 5.41. The molecule has 0 heterocycles. The molecule has 0 spiro atoms. The van der Waals surface area contributed by atoms with E-state index in [4.69, 9.17) is 16.3 Å². The number of hydrogen-bond acceptors (Lipinski definition) is 5. The lowest BCUT2D eigenvalue weighted by Gasteiger charge is -2.11. The van der Waals surface area contributed by atoms with E-state index < -0.39 is 23.5 Å². The first-order valence-corrected chi connectivity index (χ1v) is 7.89. The largest absolute Gasteiger partial charge is 0.482 e. The Labute approximate surface area is 154 Å². The van der Waals surface area contributed by atoms with Crippen molar-refractivity contribution in [3.63, 3.8) is 0 Å². The third kappa shape index (κ3) is 4.93. The Balaban J connectivity index is 1.89. The summed E-state index contributed by atoms with van der Waals surface area (Å²) >= 11 is 5.86. The van der Waals surface area contributed by atoms with Crippen LogP contribution in [0.25, 0.3) is 0 Å². The van der Waals surface area contributed by atoms with Crippen molar-refractivity contribution in [3.8, 4) is 5.75 Å². The number of nitrogens with zero attached hydrogens (tertiary/aromatic N) is 1. The summed E-state index contributed by atoms with van der Waals surface area (Å²) in [4.78, 5) is 33.7. The number of amides is 3. The van der Waals surface area contributed by atoms with E-state index in [-0.39, 0.29) is 16.5 Å². The molecular weight excluding hydrogens is 362 g/mol. The van der Waals surface area contributed by atoms with Crippen LogP contribution in [0.4, 0.5) is 16.2 Å². The Kier molecular flexibility index (Phi) is 6.13. The van der Waals surface area contributed by atoms with Gasteiger partial charge in [0.15, 0.2) is 6.61 Å². The lowest BCUT2D eigenvalue weighted by Crippen LogP contribution is -2.37. The molecule has 0 aliphatic carbocycles. The number of aryl methyl sites for hydroxylation is 1. The van der Waals surface area contributed by atoms with Crippen molar-refractivity contribution in [3.05, 3.63) is 62.7 Å². The van der Waals surface area contributed by atoms with Gasteiger partial charge in [-0.25, -0.2) is 4.79 Å². The third-order valence-electron chi connectivity index (χ3n) is 3.59. The van der Waals surface area contributed by atoms with Crippen molar-refractivity contribution >= 4 is 34.9 Å². The number of carbonyl (C=O) groups is 2. The van der Waals surface area contributed by atoms with E-state index in [1.807, 2.05) is 19.9 Å². The summed E-state index contributed by atoms with van der Waals surface area (Å²) in [6.45, 7) is 3.29. The Morgan fingerprint density at radius 1 is 1.23 bits per heavy atom. The Morgan fingerprint density at radius 3 is 2.62 bits per heavy atom. The summed E-state index contributed by atoms with van der Waals surface area (Å²) in [5.74, 6) is -0.593. The van der Waals surface area contributed by atoms with Crippen LogP contribution in [0, 0.1) is 24.0 Å². The summed E-state index contributed by atoms with van der Waals surface area (Å²) < 4.78 is 5.18. The van der Waals surface area contributed by atoms with Crippen molar-refractivity contribution in [2.24, 2.45) is 0 Å². The number of ether oxygens (including phenoxy) is 1. The van der Waals surface area contributed by atoms with E-state index in [0.717, 1.165) is 17.2 Å². The molecule has 0 fully saturated rings. The number of nitro benzene ring substituents is 1. The molecule has 0 bridgehead atoms. The topological polar surface area (TPSA) is 111 Å². The highest BCUT2D eigenvalue weighted by molar-refractivity contribution is 6.32. The van der Waals surface area contributed by atoms with E-state index in [2.05, 4.69) is 10.6 Å². The fourth-order valence-corrected chi connectivity index (χ4v) is 2.30. The highest BCUT2D eigenvalue weighted by Crippen LogP contribution is 2.28. The van der Waals surface area contributed by atoms with Crippen LogP contribution in [0.5, 0.6) is 5.75 Å². The summed E-state index contributed by atoms with van der Waals surface area (Å²) in [5, 5.41) is 15.3. The Bertz CT molecular complexity index is 869. The second kappa shape index (κ2) is 8.30. The van der Waals surface area contributed by atoms with Gasteiger partial charge in [0.1, 0.15) is 5.75 Å². The summed E-state index contributed by atoms with van der Waals surface area (Å²) in [6.07, 6.45) is 0. The summed E-state index contributed by atoms with van der Waals surface area (Å²) in [7, 11) is 0. The second-order valence-corrected chi connectivity index (χ2v) is 5.82. The summed E-state index contributed by atoms with van der Waals surface area (Å²) in [5.41, 5.74) is 2.30. The Hall–Kier alpha value is -3.13. The molecule has 2 rings (SSSR count). The standard InChI is InChI=1S/C17H16ClN3O5/c1-10-4-3-5-14(11(10)2)19-17(23)20-16(22)9-26-15-7-6-12(21(24)25)8-13(15)18/h3-8H,9H2,1-2H3,(H2,19,20,22,23). The zero-order valence-corrected chi connectivity index (χ0v) is 14.8. The number of hydrogen-bond donors (Lipinski definition) is 2. The van der Waals surface area contributed by atoms with Crippen molar-refractivity contribution in [1.29, 1.82) is 0 Å². The van der Waals surface area contributed by atoms with Crippen LogP contribution in [-0.4, -0.2) is 23.5 Å². The average Bonchev–Trinajstić information content (AvgIpc) is 2.57. The maximum Gasteiger partial charge on any atom is 0.325 e. The van der Waals surface area contributed by atoms with Gasteiger partial charge in [-0.2, -0.15) is 0 Å². The first-order valence-electron chi connectivity index (χ1n) is 7.51. The van der Waals surface area contributed by atoms with Crippen LogP contribution in [0.2, 0.25) is 5.02 Å². The lowest BCUT2D eigenvalue weighted by atomic mass is 10.1. The fourth-order valence-electron chi connectivity index (χ4n) is 2.07. The zero-order valence-electron chi connectivity index (χ0n) is 14.0. The minimum atomic E-state index is -0.693. The van der Waals surface area contributed by atoms with E-state index in [9.17, 15) is 19.7 Å². The number of urea groups is 1. The van der Waals surface area contributed by atoms with Crippen molar-refractivity contribution in [2.45, 2.75) is 13.8 Å². The molecule has 0 unspecified atom stereocenters. The number of non-ortho nitro benzene ring substituents is 1. The number of nitro groups is 1. The maximum atomic E-state index is 11.9. The number of rotatable bonds is 5. The molecule has 2 N–H and O–H groups in total. The lowest BCUT2D eigenvalue weighted by molar-refractivity contribution is -0.384. The molecule has 26 heavy (non-hydrogen) atoms. The normalized spacial score (nSPS) is 10.1. The van der Waals surface area contributed by atoms with Gasteiger partial charge in [0, 0.05) is 17.8 Å². The number of anilines is 1. The van der Waals surface area contributed by atoms with Crippen LogP contribution >= 0.6 is 11.6 Å². The van der Waals surface area contributed by atoms with Crippen LogP contribution < -0.4 is 15.4 Å². The SMILES string of the molecule is Cc1cccc(NC(=O)NC(=O)COc2ccc([N+](=O)[O-])cc2Cl)c1C. The van der Waals surface area contributed by atoms with E-state index in [1.165, 1.54) is 12.1 Å². The molecule has 136 valence electrons. The maximum absolute atomic E-state index is 11.9. The molecule has 9 heteroatoms. The molecule has 0 aliphatic rings. The van der Waals surface area contributed by atoms with Gasteiger partial charge < -0.3 is 10.1 Å². The summed E-state index contributed by atoms with van der Waals surface area (Å²) in [6, 6.07) is 8.32.